The summed E-state index contributed by atoms with van der Waals surface area (Å²) < 4.78 is 23.9. The Balaban J connectivity index is 1.79. The average molecular weight is 513 g/mol. The number of rotatable bonds is 7. The van der Waals surface area contributed by atoms with Crippen LogP contribution in [-0.2, 0) is 26.8 Å². The molecule has 0 saturated heterocycles. The molecular formula is C26H25ClN2O5S. The van der Waals surface area contributed by atoms with Crippen molar-refractivity contribution in [2.45, 2.75) is 22.6 Å². The van der Waals surface area contributed by atoms with E-state index >= 15 is 0 Å². The highest BCUT2D eigenvalue weighted by Gasteiger charge is 2.32. The minimum absolute atomic E-state index is 0.216. The van der Waals surface area contributed by atoms with Crippen molar-refractivity contribution in [2.75, 3.05) is 32.7 Å². The van der Waals surface area contributed by atoms with Crippen molar-refractivity contribution in [2.24, 2.45) is 0 Å². The summed E-state index contributed by atoms with van der Waals surface area (Å²) in [6, 6.07) is 19.0. The van der Waals surface area contributed by atoms with Crippen LogP contribution < -0.4 is 4.90 Å². The predicted molar refractivity (Wildman–Crippen MR) is 134 cm³/mol. The topological polar surface area (TPSA) is 76.2 Å². The Morgan fingerprint density at radius 2 is 1.71 bits per heavy atom. The largest absolute Gasteiger partial charge is 0.354 e. The van der Waals surface area contributed by atoms with E-state index in [1.807, 2.05) is 12.1 Å². The molecule has 9 heteroatoms. The molecule has 0 aromatic heterocycles. The maximum Gasteiger partial charge on any atom is 0.259 e. The summed E-state index contributed by atoms with van der Waals surface area (Å²) in [7, 11) is 3.04. The molecule has 4 rings (SSSR count). The minimum Gasteiger partial charge on any atom is -0.354 e. The van der Waals surface area contributed by atoms with Gasteiger partial charge in [-0.2, -0.15) is 0 Å². The third kappa shape index (κ3) is 5.16. The van der Waals surface area contributed by atoms with Crippen LogP contribution >= 0.6 is 11.6 Å². The highest BCUT2D eigenvalue weighted by atomic mass is 35.5. The summed E-state index contributed by atoms with van der Waals surface area (Å²) >= 11 is 6.04. The maximum absolute atomic E-state index is 13.7. The summed E-state index contributed by atoms with van der Waals surface area (Å²) in [6.07, 6.45) is -0.574. The Kier molecular flexibility index (Phi) is 7.66. The van der Waals surface area contributed by atoms with Crippen LogP contribution in [0.3, 0.4) is 0 Å². The van der Waals surface area contributed by atoms with E-state index in [-0.39, 0.29) is 24.9 Å². The summed E-state index contributed by atoms with van der Waals surface area (Å²) in [5, 5.41) is 0.587. The number of likely N-dealkylation sites (N-methyl/N-ethyl adjacent to an activating group) is 1. The van der Waals surface area contributed by atoms with E-state index in [0.717, 1.165) is 5.56 Å². The van der Waals surface area contributed by atoms with E-state index in [9.17, 15) is 13.8 Å². The van der Waals surface area contributed by atoms with Crippen LogP contribution in [0.5, 0.6) is 0 Å². The second kappa shape index (κ2) is 10.7. The van der Waals surface area contributed by atoms with Crippen LogP contribution in [0.1, 0.15) is 26.3 Å². The second-order valence-electron chi connectivity index (χ2n) is 8.05. The quantitative estimate of drug-likeness (QED) is 0.440. The molecule has 0 N–H and O–H groups in total. The minimum atomic E-state index is -1.60. The Bertz CT molecular complexity index is 1280. The molecule has 1 atom stereocenters. The highest BCUT2D eigenvalue weighted by Crippen LogP contribution is 2.36. The first-order valence-corrected chi connectivity index (χ1v) is 12.4. The number of anilines is 1. The maximum atomic E-state index is 13.7. The molecule has 35 heavy (non-hydrogen) atoms. The molecule has 7 nitrogen and oxygen atoms in total. The molecule has 3 aromatic carbocycles. The van der Waals surface area contributed by atoms with E-state index < -0.39 is 17.1 Å². The van der Waals surface area contributed by atoms with E-state index in [4.69, 9.17) is 21.1 Å². The van der Waals surface area contributed by atoms with Crippen LogP contribution in [0.4, 0.5) is 5.69 Å². The summed E-state index contributed by atoms with van der Waals surface area (Å²) in [5.41, 5.74) is 1.99. The second-order valence-corrected chi connectivity index (χ2v) is 9.91. The number of ether oxygens (including phenoxy) is 2. The lowest BCUT2D eigenvalue weighted by atomic mass is 10.1. The zero-order chi connectivity index (χ0) is 25.1. The normalized spacial score (nSPS) is 14.9. The zero-order valence-electron chi connectivity index (χ0n) is 19.6. The van der Waals surface area contributed by atoms with Gasteiger partial charge in [-0.05, 0) is 48.0 Å². The lowest BCUT2D eigenvalue weighted by Gasteiger charge is -2.25. The number of hydrogen-bond acceptors (Lipinski definition) is 5. The molecule has 0 aliphatic carbocycles. The van der Waals surface area contributed by atoms with Gasteiger partial charge in [-0.15, -0.1) is 0 Å². The Hall–Kier alpha value is -3.04. The molecule has 0 spiro atoms. The summed E-state index contributed by atoms with van der Waals surface area (Å²) in [5.74, 6) is -0.572. The Morgan fingerprint density at radius 3 is 2.40 bits per heavy atom. The van der Waals surface area contributed by atoms with Crippen molar-refractivity contribution in [3.63, 3.8) is 0 Å². The van der Waals surface area contributed by atoms with Gasteiger partial charge in [-0.25, -0.2) is 4.21 Å². The molecule has 0 fully saturated rings. The predicted octanol–water partition coefficient (Wildman–Crippen LogP) is 4.36. The average Bonchev–Trinajstić information content (AvgIpc) is 2.97. The van der Waals surface area contributed by atoms with Crippen LogP contribution in [0.2, 0.25) is 5.02 Å². The van der Waals surface area contributed by atoms with Crippen molar-refractivity contribution >= 4 is 39.9 Å². The molecule has 1 aliphatic heterocycles. The molecular weight excluding hydrogens is 488 g/mol. The molecule has 1 aliphatic rings. The van der Waals surface area contributed by atoms with Crippen molar-refractivity contribution in [3.05, 3.63) is 88.4 Å². The number of benzene rings is 3. The molecule has 1 unspecified atom stereocenters. The van der Waals surface area contributed by atoms with Crippen molar-refractivity contribution in [3.8, 4) is 0 Å². The summed E-state index contributed by atoms with van der Waals surface area (Å²) in [6.45, 7) is 0.436. The van der Waals surface area contributed by atoms with Gasteiger partial charge in [-0.1, -0.05) is 35.9 Å². The number of fused-ring (bicyclic) bond motifs is 2. The first-order valence-electron chi connectivity index (χ1n) is 10.9. The van der Waals surface area contributed by atoms with Crippen molar-refractivity contribution in [1.29, 1.82) is 0 Å². The molecule has 0 saturated carbocycles. The molecule has 3 aromatic rings. The lowest BCUT2D eigenvalue weighted by Crippen LogP contribution is -2.36. The standard InChI is InChI=1S/C26H25ClN2O5S/c1-28(16-24(33-2)34-3)25(30)18-10-13-23-21(14-18)29(15-17-8-11-19(27)12-9-17)26(31)20-6-4-5-7-22(20)35(23)32/h4-14,24H,15-16H2,1-3H3. The molecule has 0 radical (unpaired) electrons. The van der Waals surface area contributed by atoms with Gasteiger partial charge in [0, 0.05) is 31.9 Å². The first kappa shape index (κ1) is 25.1. The Labute approximate surface area is 211 Å². The van der Waals surface area contributed by atoms with Crippen molar-refractivity contribution in [1.82, 2.24) is 4.90 Å². The number of carbonyl (C=O) groups excluding carboxylic acids is 2. The lowest BCUT2D eigenvalue weighted by molar-refractivity contribution is -0.110. The Morgan fingerprint density at radius 1 is 1.03 bits per heavy atom. The van der Waals surface area contributed by atoms with Crippen LogP contribution in [0.25, 0.3) is 0 Å². The van der Waals surface area contributed by atoms with E-state index in [0.29, 0.717) is 31.6 Å². The van der Waals surface area contributed by atoms with Gasteiger partial charge < -0.3 is 19.3 Å². The molecule has 1 heterocycles. The van der Waals surface area contributed by atoms with Crippen LogP contribution in [0, 0.1) is 0 Å². The van der Waals surface area contributed by atoms with Gasteiger partial charge in [0.1, 0.15) is 0 Å². The smallest absolute Gasteiger partial charge is 0.259 e. The number of hydrogen-bond donors (Lipinski definition) is 0. The van der Waals surface area contributed by atoms with E-state index in [2.05, 4.69) is 0 Å². The number of amides is 2. The fourth-order valence-corrected chi connectivity index (χ4v) is 5.37. The van der Waals surface area contributed by atoms with E-state index in [1.165, 1.54) is 19.1 Å². The van der Waals surface area contributed by atoms with Crippen molar-refractivity contribution < 1.29 is 23.3 Å². The first-order chi connectivity index (χ1) is 16.8. The monoisotopic (exact) mass is 512 g/mol. The van der Waals surface area contributed by atoms with Gasteiger partial charge in [-0.3, -0.25) is 9.59 Å². The van der Waals surface area contributed by atoms with Gasteiger partial charge in [0.05, 0.1) is 44.9 Å². The fourth-order valence-electron chi connectivity index (χ4n) is 3.90. The fraction of sp³-hybridized carbons (Fsp3) is 0.231. The molecule has 2 amide bonds. The number of halogens is 1. The summed E-state index contributed by atoms with van der Waals surface area (Å²) in [4.78, 5) is 30.8. The number of methoxy groups -OCH3 is 2. The van der Waals surface area contributed by atoms with Crippen LogP contribution in [0.15, 0.2) is 76.5 Å². The molecule has 182 valence electrons. The van der Waals surface area contributed by atoms with Crippen LogP contribution in [-0.4, -0.2) is 55.0 Å². The zero-order valence-corrected chi connectivity index (χ0v) is 21.1. The highest BCUT2D eigenvalue weighted by molar-refractivity contribution is 7.85. The van der Waals surface area contributed by atoms with Gasteiger partial charge >= 0.3 is 0 Å². The third-order valence-electron chi connectivity index (χ3n) is 5.81. The van der Waals surface area contributed by atoms with Gasteiger partial charge in [0.15, 0.2) is 6.29 Å². The third-order valence-corrected chi connectivity index (χ3v) is 7.56. The number of carbonyl (C=O) groups is 2. The van der Waals surface area contributed by atoms with Gasteiger partial charge in [0.2, 0.25) is 0 Å². The SMILES string of the molecule is COC(CN(C)C(=O)c1ccc2c(c1)N(Cc1ccc(Cl)cc1)C(=O)c1ccccc1S2=O)OC. The molecule has 0 bridgehead atoms. The van der Waals surface area contributed by atoms with E-state index in [1.54, 1.807) is 66.5 Å². The number of nitrogens with zero attached hydrogens (tertiary/aromatic N) is 2. The van der Waals surface area contributed by atoms with Gasteiger partial charge in [0.25, 0.3) is 11.8 Å².